The number of nitrogens with zero attached hydrogens (tertiary/aromatic N) is 1. The summed E-state index contributed by atoms with van der Waals surface area (Å²) in [6.45, 7) is 0.106. The lowest BCUT2D eigenvalue weighted by atomic mass is 10.1. The molecule has 0 heterocycles. The Labute approximate surface area is 144 Å². The Morgan fingerprint density at radius 3 is 2.46 bits per heavy atom. The fourth-order valence-corrected chi connectivity index (χ4v) is 3.41. The van der Waals surface area contributed by atoms with Crippen LogP contribution >= 0.6 is 11.6 Å². The molecule has 2 aromatic carbocycles. The van der Waals surface area contributed by atoms with Gasteiger partial charge in [0, 0.05) is 17.6 Å². The van der Waals surface area contributed by atoms with Crippen LogP contribution in [0.3, 0.4) is 0 Å². The molecule has 0 fully saturated rings. The molecule has 0 aromatic heterocycles. The summed E-state index contributed by atoms with van der Waals surface area (Å²) in [5.74, 6) is 0.705. The summed E-state index contributed by atoms with van der Waals surface area (Å²) in [6.07, 6.45) is 0.435. The lowest BCUT2D eigenvalue weighted by molar-refractivity contribution is -0.387. The summed E-state index contributed by atoms with van der Waals surface area (Å²) in [7, 11) is -2.45. The molecule has 24 heavy (non-hydrogen) atoms. The van der Waals surface area contributed by atoms with Gasteiger partial charge < -0.3 is 4.74 Å². The SMILES string of the molecule is COc1ccc(CCNS(=O)(=O)c2ccc(Cl)cc2[N+](=O)[O-])cc1. The molecule has 0 saturated carbocycles. The second kappa shape index (κ2) is 7.61. The highest BCUT2D eigenvalue weighted by molar-refractivity contribution is 7.89. The van der Waals surface area contributed by atoms with E-state index in [0.29, 0.717) is 12.2 Å². The van der Waals surface area contributed by atoms with Crippen molar-refractivity contribution >= 4 is 27.3 Å². The highest BCUT2D eigenvalue weighted by Crippen LogP contribution is 2.26. The maximum absolute atomic E-state index is 12.3. The summed E-state index contributed by atoms with van der Waals surface area (Å²) < 4.78 is 32.0. The van der Waals surface area contributed by atoms with E-state index in [0.717, 1.165) is 17.7 Å². The molecule has 1 N–H and O–H groups in total. The number of rotatable bonds is 7. The monoisotopic (exact) mass is 370 g/mol. The minimum atomic E-state index is -4.01. The Bertz CT molecular complexity index is 837. The molecule has 0 atom stereocenters. The van der Waals surface area contributed by atoms with Gasteiger partial charge in [-0.25, -0.2) is 13.1 Å². The number of benzene rings is 2. The zero-order valence-electron chi connectivity index (χ0n) is 12.7. The second-order valence-corrected chi connectivity index (χ2v) is 7.04. The van der Waals surface area contributed by atoms with Gasteiger partial charge in [-0.1, -0.05) is 23.7 Å². The maximum atomic E-state index is 12.3. The lowest BCUT2D eigenvalue weighted by Crippen LogP contribution is -2.26. The number of ether oxygens (including phenoxy) is 1. The lowest BCUT2D eigenvalue weighted by Gasteiger charge is -2.08. The standard InChI is InChI=1S/C15H15ClN2O5S/c1-23-13-5-2-11(3-6-13)8-9-17-24(21,22)15-7-4-12(16)10-14(15)18(19)20/h2-7,10,17H,8-9H2,1H3. The molecule has 0 saturated heterocycles. The van der Waals surface area contributed by atoms with Gasteiger partial charge in [-0.05, 0) is 36.2 Å². The van der Waals surface area contributed by atoms with E-state index in [1.165, 1.54) is 6.07 Å². The molecule has 7 nitrogen and oxygen atoms in total. The maximum Gasteiger partial charge on any atom is 0.290 e. The average molecular weight is 371 g/mol. The van der Waals surface area contributed by atoms with Crippen LogP contribution in [0.1, 0.15) is 5.56 Å². The van der Waals surface area contributed by atoms with Gasteiger partial charge in [0.2, 0.25) is 10.0 Å². The van der Waals surface area contributed by atoms with Crippen molar-refractivity contribution in [1.29, 1.82) is 0 Å². The van der Waals surface area contributed by atoms with Crippen LogP contribution in [0.15, 0.2) is 47.4 Å². The molecule has 0 amide bonds. The van der Waals surface area contributed by atoms with Gasteiger partial charge in [0.1, 0.15) is 5.75 Å². The Morgan fingerprint density at radius 2 is 1.88 bits per heavy atom. The van der Waals surface area contributed by atoms with Crippen LogP contribution in [0.5, 0.6) is 5.75 Å². The topological polar surface area (TPSA) is 98.5 Å². The third-order valence-electron chi connectivity index (χ3n) is 3.27. The van der Waals surface area contributed by atoms with Crippen molar-refractivity contribution in [3.63, 3.8) is 0 Å². The first kappa shape index (κ1) is 18.2. The second-order valence-electron chi connectivity index (χ2n) is 4.87. The first-order chi connectivity index (χ1) is 11.3. The first-order valence-electron chi connectivity index (χ1n) is 6.90. The predicted octanol–water partition coefficient (Wildman–Crippen LogP) is 2.78. The van der Waals surface area contributed by atoms with Gasteiger partial charge in [0.15, 0.2) is 4.90 Å². The van der Waals surface area contributed by atoms with E-state index in [1.54, 1.807) is 19.2 Å². The van der Waals surface area contributed by atoms with Gasteiger partial charge >= 0.3 is 0 Å². The first-order valence-corrected chi connectivity index (χ1v) is 8.76. The number of nitrogens with one attached hydrogen (secondary N) is 1. The van der Waals surface area contributed by atoms with Crippen LogP contribution in [0, 0.1) is 10.1 Å². The number of nitro groups is 1. The molecule has 2 aromatic rings. The molecule has 0 aliphatic carbocycles. The Morgan fingerprint density at radius 1 is 1.21 bits per heavy atom. The van der Waals surface area contributed by atoms with Crippen LogP contribution in [0.4, 0.5) is 5.69 Å². The van der Waals surface area contributed by atoms with Crippen molar-refractivity contribution in [3.8, 4) is 5.75 Å². The quantitative estimate of drug-likeness (QED) is 0.596. The number of sulfonamides is 1. The van der Waals surface area contributed by atoms with Gasteiger partial charge in [0.05, 0.1) is 12.0 Å². The smallest absolute Gasteiger partial charge is 0.290 e. The molecule has 0 spiro atoms. The third kappa shape index (κ3) is 4.44. The van der Waals surface area contributed by atoms with Crippen LogP contribution in [-0.2, 0) is 16.4 Å². The zero-order valence-corrected chi connectivity index (χ0v) is 14.3. The van der Waals surface area contributed by atoms with Crippen molar-refractivity contribution in [2.45, 2.75) is 11.3 Å². The van der Waals surface area contributed by atoms with Gasteiger partial charge in [0.25, 0.3) is 5.69 Å². The highest BCUT2D eigenvalue weighted by Gasteiger charge is 2.25. The summed E-state index contributed by atoms with van der Waals surface area (Å²) in [5.41, 5.74) is 0.351. The van der Waals surface area contributed by atoms with Crippen LogP contribution in [0.25, 0.3) is 0 Å². The molecular weight excluding hydrogens is 356 g/mol. The molecule has 0 bridgehead atoms. The van der Waals surface area contributed by atoms with E-state index >= 15 is 0 Å². The fraction of sp³-hybridized carbons (Fsp3) is 0.200. The van der Waals surface area contributed by atoms with Crippen molar-refractivity contribution in [3.05, 3.63) is 63.2 Å². The zero-order chi connectivity index (χ0) is 17.7. The average Bonchev–Trinajstić information content (AvgIpc) is 2.55. The summed E-state index contributed by atoms with van der Waals surface area (Å²) in [6, 6.07) is 10.6. The minimum absolute atomic E-state index is 0.0962. The van der Waals surface area contributed by atoms with E-state index in [-0.39, 0.29) is 11.6 Å². The number of methoxy groups -OCH3 is 1. The summed E-state index contributed by atoms with van der Waals surface area (Å²) in [4.78, 5) is 9.83. The fourth-order valence-electron chi connectivity index (χ4n) is 2.06. The van der Waals surface area contributed by atoms with Gasteiger partial charge in [-0.15, -0.1) is 0 Å². The van der Waals surface area contributed by atoms with Crippen molar-refractivity contribution in [2.75, 3.05) is 13.7 Å². The van der Waals surface area contributed by atoms with E-state index in [4.69, 9.17) is 16.3 Å². The number of hydrogen-bond acceptors (Lipinski definition) is 5. The van der Waals surface area contributed by atoms with Crippen molar-refractivity contribution in [2.24, 2.45) is 0 Å². The highest BCUT2D eigenvalue weighted by atomic mass is 35.5. The van der Waals surface area contributed by atoms with Gasteiger partial charge in [-0.2, -0.15) is 0 Å². The Hall–Kier alpha value is -2.16. The summed E-state index contributed by atoms with van der Waals surface area (Å²) >= 11 is 5.69. The summed E-state index contributed by atoms with van der Waals surface area (Å²) in [5, 5.41) is 11.1. The molecule has 9 heteroatoms. The Kier molecular flexibility index (Phi) is 5.76. The van der Waals surface area contributed by atoms with Gasteiger partial charge in [-0.3, -0.25) is 10.1 Å². The molecule has 2 rings (SSSR count). The van der Waals surface area contributed by atoms with Crippen molar-refractivity contribution in [1.82, 2.24) is 4.72 Å². The van der Waals surface area contributed by atoms with Crippen LogP contribution in [0.2, 0.25) is 5.02 Å². The Balaban J connectivity index is 2.10. The molecule has 0 unspecified atom stereocenters. The van der Waals surface area contributed by atoms with Crippen LogP contribution < -0.4 is 9.46 Å². The van der Waals surface area contributed by atoms with E-state index in [1.807, 2.05) is 12.1 Å². The number of hydrogen-bond donors (Lipinski definition) is 1. The minimum Gasteiger partial charge on any atom is -0.497 e. The largest absolute Gasteiger partial charge is 0.497 e. The molecule has 0 aliphatic heterocycles. The van der Waals surface area contributed by atoms with Crippen LogP contribution in [-0.4, -0.2) is 27.0 Å². The molecule has 0 radical (unpaired) electrons. The number of nitro benzene ring substituents is 1. The molecular formula is C15H15ClN2O5S. The normalized spacial score (nSPS) is 11.2. The number of halogens is 1. The van der Waals surface area contributed by atoms with E-state index < -0.39 is 25.5 Å². The van der Waals surface area contributed by atoms with Crippen molar-refractivity contribution < 1.29 is 18.1 Å². The van der Waals surface area contributed by atoms with E-state index in [2.05, 4.69) is 4.72 Å². The molecule has 0 aliphatic rings. The third-order valence-corrected chi connectivity index (χ3v) is 5.02. The molecule has 128 valence electrons. The predicted molar refractivity (Wildman–Crippen MR) is 90.0 cm³/mol. The van der Waals surface area contributed by atoms with E-state index in [9.17, 15) is 18.5 Å².